The molecule has 4 rings (SSSR count). The largest absolute Gasteiger partial charge is 0.478 e. The van der Waals surface area contributed by atoms with E-state index in [4.69, 9.17) is 11.6 Å². The fraction of sp³-hybridized carbons (Fsp3) is 0.400. The number of fused-ring (bicyclic) bond motifs is 2. The van der Waals surface area contributed by atoms with Crippen LogP contribution in [0.5, 0.6) is 0 Å². The lowest BCUT2D eigenvalue weighted by Crippen LogP contribution is -2.33. The Bertz CT molecular complexity index is 1340. The van der Waals surface area contributed by atoms with E-state index in [2.05, 4.69) is 10.3 Å². The van der Waals surface area contributed by atoms with Gasteiger partial charge in [-0.1, -0.05) is 43.7 Å². The van der Waals surface area contributed by atoms with E-state index in [1.807, 2.05) is 54.5 Å². The number of rotatable bonds is 8. The maximum absolute atomic E-state index is 16.6. The first kappa shape index (κ1) is 29.6. The Labute approximate surface area is 239 Å². The summed E-state index contributed by atoms with van der Waals surface area (Å²) in [6.45, 7) is 7.62. The number of anilines is 3. The summed E-state index contributed by atoms with van der Waals surface area (Å²) in [5, 5.41) is 12.2. The zero-order valence-electron chi connectivity index (χ0n) is 23.3. The standard InChI is InChI=1S/C30H38FN5O3S/c1-4-5-11-22-24(30(38)39)29(37)23-19(3)27(28(25(31)26(23)34-33)35-13-12-21(32)16-35)36(14-18(2)17-40-22)15-20-9-7-6-8-10-20/h6-10,17,21,34H,4-5,11-16,32-33H2,1-3H3,(H,38,39)/b18-17+,24-22-. The molecule has 1 atom stereocenters. The molecule has 0 aromatic heterocycles. The number of aliphatic carboxylic acids is 1. The quantitative estimate of drug-likeness (QED) is 0.190. The van der Waals surface area contributed by atoms with Crippen LogP contribution in [-0.4, -0.2) is 42.5 Å². The molecule has 2 aromatic rings. The van der Waals surface area contributed by atoms with Gasteiger partial charge in [-0.25, -0.2) is 9.18 Å². The van der Waals surface area contributed by atoms with Crippen molar-refractivity contribution in [1.82, 2.24) is 0 Å². The molecule has 1 saturated heterocycles. The molecule has 2 bridgehead atoms. The number of nitrogens with one attached hydrogen (secondary N) is 1. The lowest BCUT2D eigenvalue weighted by atomic mass is 9.92. The average molecular weight is 568 g/mol. The molecule has 0 amide bonds. The molecule has 1 fully saturated rings. The number of allylic oxidation sites excluding steroid dienone is 1. The third kappa shape index (κ3) is 6.04. The predicted octanol–water partition coefficient (Wildman–Crippen LogP) is 5.33. The Morgan fingerprint density at radius 2 is 1.95 bits per heavy atom. The fourth-order valence-electron chi connectivity index (χ4n) is 5.48. The zero-order valence-corrected chi connectivity index (χ0v) is 24.1. The van der Waals surface area contributed by atoms with Gasteiger partial charge in [-0.2, -0.15) is 0 Å². The number of carboxylic acids is 1. The number of hydrogen-bond donors (Lipinski definition) is 4. The number of benzene rings is 2. The number of carbonyl (C=O) groups excluding carboxylic acids is 1. The summed E-state index contributed by atoms with van der Waals surface area (Å²) in [4.78, 5) is 31.2. The van der Waals surface area contributed by atoms with E-state index in [1.54, 1.807) is 6.92 Å². The molecular weight excluding hydrogens is 529 g/mol. The normalized spacial score (nSPS) is 21.2. The van der Waals surface area contributed by atoms with Gasteiger partial charge in [0.1, 0.15) is 5.57 Å². The van der Waals surface area contributed by atoms with Crippen molar-refractivity contribution in [2.45, 2.75) is 59.0 Å². The number of nitrogen functional groups attached to an aromatic ring is 1. The molecule has 0 saturated carbocycles. The number of carboxylic acid groups (broad SMARTS) is 1. The highest BCUT2D eigenvalue weighted by atomic mass is 32.2. The number of carbonyl (C=O) groups is 2. The third-order valence-corrected chi connectivity index (χ3v) is 8.61. The van der Waals surface area contributed by atoms with E-state index < -0.39 is 17.6 Å². The van der Waals surface area contributed by atoms with Crippen molar-refractivity contribution >= 4 is 40.6 Å². The first-order valence-electron chi connectivity index (χ1n) is 13.6. The number of thioether (sulfide) groups is 1. The van der Waals surface area contributed by atoms with Crippen molar-refractivity contribution in [3.63, 3.8) is 0 Å². The fourth-order valence-corrected chi connectivity index (χ4v) is 6.45. The van der Waals surface area contributed by atoms with Crippen molar-refractivity contribution in [3.8, 4) is 0 Å². The number of Topliss-reactive ketones (excluding diaryl/α,β-unsaturated/α-hetero) is 1. The Morgan fingerprint density at radius 1 is 1.23 bits per heavy atom. The Morgan fingerprint density at radius 3 is 2.55 bits per heavy atom. The highest BCUT2D eigenvalue weighted by molar-refractivity contribution is 8.05. The molecule has 2 aromatic carbocycles. The van der Waals surface area contributed by atoms with Crippen LogP contribution in [0.2, 0.25) is 0 Å². The lowest BCUT2D eigenvalue weighted by molar-refractivity contribution is -0.132. The highest BCUT2D eigenvalue weighted by Gasteiger charge is 2.36. The van der Waals surface area contributed by atoms with Gasteiger partial charge in [0.15, 0.2) is 5.82 Å². The molecule has 2 heterocycles. The maximum Gasteiger partial charge on any atom is 0.340 e. The van der Waals surface area contributed by atoms with Gasteiger partial charge in [0.05, 0.1) is 22.6 Å². The summed E-state index contributed by atoms with van der Waals surface area (Å²) in [6.07, 6.45) is 2.67. The first-order valence-corrected chi connectivity index (χ1v) is 14.5. The SMILES string of the molecule is CCCC/C1=C(/C(=O)O)C(=O)c2c(C)c(c(N3CCC(N)C3)c(F)c2NN)N(Cc2ccccc2)C/C(C)=C/S1. The molecule has 40 heavy (non-hydrogen) atoms. The number of hydrazine groups is 1. The number of ketones is 1. The van der Waals surface area contributed by atoms with Gasteiger partial charge in [-0.3, -0.25) is 10.6 Å². The minimum Gasteiger partial charge on any atom is -0.478 e. The van der Waals surface area contributed by atoms with Crippen LogP contribution in [0.3, 0.4) is 0 Å². The van der Waals surface area contributed by atoms with Crippen LogP contribution >= 0.6 is 11.8 Å². The van der Waals surface area contributed by atoms with Crippen molar-refractivity contribution in [2.75, 3.05) is 34.9 Å². The van der Waals surface area contributed by atoms with E-state index in [9.17, 15) is 14.7 Å². The molecule has 0 aliphatic carbocycles. The van der Waals surface area contributed by atoms with Crippen LogP contribution in [0.4, 0.5) is 21.5 Å². The van der Waals surface area contributed by atoms with E-state index in [-0.39, 0.29) is 22.9 Å². The molecule has 214 valence electrons. The van der Waals surface area contributed by atoms with Crippen LogP contribution in [0, 0.1) is 12.7 Å². The Balaban J connectivity index is 2.06. The van der Waals surface area contributed by atoms with Gasteiger partial charge in [0, 0.05) is 37.1 Å². The van der Waals surface area contributed by atoms with Crippen molar-refractivity contribution in [2.24, 2.45) is 11.6 Å². The summed E-state index contributed by atoms with van der Waals surface area (Å²) in [5.41, 5.74) is 11.3. The second-order valence-electron chi connectivity index (χ2n) is 10.5. The van der Waals surface area contributed by atoms with Crippen LogP contribution in [0.15, 0.2) is 51.8 Å². The van der Waals surface area contributed by atoms with Crippen molar-refractivity contribution in [3.05, 3.63) is 74.3 Å². The monoisotopic (exact) mass is 567 g/mol. The van der Waals surface area contributed by atoms with Gasteiger partial charge >= 0.3 is 5.97 Å². The molecule has 1 unspecified atom stereocenters. The second-order valence-corrected chi connectivity index (χ2v) is 11.4. The predicted molar refractivity (Wildman–Crippen MR) is 161 cm³/mol. The lowest BCUT2D eigenvalue weighted by Gasteiger charge is -2.34. The van der Waals surface area contributed by atoms with Crippen LogP contribution in [0.25, 0.3) is 0 Å². The summed E-state index contributed by atoms with van der Waals surface area (Å²) < 4.78 is 16.6. The summed E-state index contributed by atoms with van der Waals surface area (Å²) in [6, 6.07) is 9.74. The maximum atomic E-state index is 16.6. The average Bonchev–Trinajstić information content (AvgIpc) is 3.35. The number of nitrogens with two attached hydrogens (primary N) is 2. The minimum absolute atomic E-state index is 0.0631. The summed E-state index contributed by atoms with van der Waals surface area (Å²) in [7, 11) is 0. The molecular formula is C30H38FN5O3S. The van der Waals surface area contributed by atoms with Crippen molar-refractivity contribution < 1.29 is 19.1 Å². The van der Waals surface area contributed by atoms with E-state index >= 15 is 4.39 Å². The van der Waals surface area contributed by atoms with Crippen molar-refractivity contribution in [1.29, 1.82) is 0 Å². The number of nitrogens with zero attached hydrogens (tertiary/aromatic N) is 2. The summed E-state index contributed by atoms with van der Waals surface area (Å²) >= 11 is 1.26. The number of hydrogen-bond acceptors (Lipinski definition) is 8. The van der Waals surface area contributed by atoms with Gasteiger partial charge in [-0.15, -0.1) is 11.8 Å². The molecule has 6 N–H and O–H groups in total. The molecule has 8 nitrogen and oxygen atoms in total. The van der Waals surface area contributed by atoms with Gasteiger partial charge in [0.2, 0.25) is 5.78 Å². The third-order valence-electron chi connectivity index (χ3n) is 7.40. The first-order chi connectivity index (χ1) is 19.2. The minimum atomic E-state index is -1.34. The molecule has 2 aliphatic heterocycles. The second kappa shape index (κ2) is 12.9. The highest BCUT2D eigenvalue weighted by Crippen LogP contribution is 2.46. The molecule has 0 radical (unpaired) electrons. The topological polar surface area (TPSA) is 125 Å². The molecule has 0 spiro atoms. The smallest absolute Gasteiger partial charge is 0.340 e. The van der Waals surface area contributed by atoms with Gasteiger partial charge in [0.25, 0.3) is 0 Å². The van der Waals surface area contributed by atoms with Crippen LogP contribution in [0.1, 0.15) is 61.0 Å². The Kier molecular flexibility index (Phi) is 9.55. The van der Waals surface area contributed by atoms with Crippen LogP contribution in [-0.2, 0) is 11.3 Å². The number of unbranched alkanes of at least 4 members (excludes halogenated alkanes) is 1. The zero-order chi connectivity index (χ0) is 29.0. The van der Waals surface area contributed by atoms with Gasteiger partial charge in [-0.05, 0) is 55.2 Å². The van der Waals surface area contributed by atoms with Crippen LogP contribution < -0.4 is 26.8 Å². The van der Waals surface area contributed by atoms with E-state index in [1.165, 1.54) is 11.8 Å². The van der Waals surface area contributed by atoms with Gasteiger partial charge < -0.3 is 26.1 Å². The van der Waals surface area contributed by atoms with E-state index in [0.29, 0.717) is 67.3 Å². The number of halogens is 1. The molecule has 2 aliphatic rings. The summed E-state index contributed by atoms with van der Waals surface area (Å²) in [5.74, 6) is 3.07. The van der Waals surface area contributed by atoms with E-state index in [0.717, 1.165) is 17.6 Å². The Hall–Kier alpha value is -3.34. The molecule has 10 heteroatoms.